The Hall–Kier alpha value is -3.30. The first-order valence-electron chi connectivity index (χ1n) is 11.1. The summed E-state index contributed by atoms with van der Waals surface area (Å²) in [5.41, 5.74) is 2.34. The van der Waals surface area contributed by atoms with Gasteiger partial charge in [0, 0.05) is 4.90 Å². The third-order valence-corrected chi connectivity index (χ3v) is 7.44. The summed E-state index contributed by atoms with van der Waals surface area (Å²) >= 11 is 2.92. The van der Waals surface area contributed by atoms with Crippen LogP contribution >= 0.6 is 23.1 Å². The summed E-state index contributed by atoms with van der Waals surface area (Å²) in [6, 6.07) is 12.8. The molecule has 0 N–H and O–H groups in total. The van der Waals surface area contributed by atoms with Crippen LogP contribution in [0.25, 0.3) is 6.08 Å². The molecule has 1 aromatic heterocycles. The monoisotopic (exact) mass is 508 g/mol. The van der Waals surface area contributed by atoms with E-state index in [1.54, 1.807) is 37.1 Å². The largest absolute Gasteiger partial charge is 0.459 e. The molecule has 35 heavy (non-hydrogen) atoms. The van der Waals surface area contributed by atoms with Gasteiger partial charge in [-0.05, 0) is 68.5 Å². The Bertz CT molecular complexity index is 1520. The fourth-order valence-corrected chi connectivity index (χ4v) is 5.57. The van der Waals surface area contributed by atoms with Gasteiger partial charge in [0.15, 0.2) is 16.3 Å². The molecule has 0 amide bonds. The second-order valence-electron chi connectivity index (χ2n) is 8.42. The summed E-state index contributed by atoms with van der Waals surface area (Å²) in [7, 11) is 0. The normalized spacial score (nSPS) is 16.9. The summed E-state index contributed by atoms with van der Waals surface area (Å²) < 4.78 is 18.5. The number of aromatic nitrogens is 1. The Labute approximate surface area is 210 Å². The molecular formula is C26H24N2O5S2. The number of carbonyl (C=O) groups is 1. The molecule has 3 heterocycles. The Kier molecular flexibility index (Phi) is 6.29. The standard InChI is InChI=1S/C26H24N2O5S2/c1-14(2)33-25(30)22-15(3)27-26-28(23(22)17-6-8-18(34-4)9-7-17)24(29)21(35-26)12-16-5-10-19-20(11-16)32-13-31-19/h5-12,14,23H,13H2,1-4H3/b21-12-/t23-/m0/s1. The van der Waals surface area contributed by atoms with Gasteiger partial charge in [0.25, 0.3) is 5.56 Å². The summed E-state index contributed by atoms with van der Waals surface area (Å²) in [5.74, 6) is 0.860. The zero-order valence-electron chi connectivity index (χ0n) is 19.7. The topological polar surface area (TPSA) is 79.1 Å². The van der Waals surface area contributed by atoms with Gasteiger partial charge in [-0.1, -0.05) is 29.5 Å². The van der Waals surface area contributed by atoms with Crippen molar-refractivity contribution in [2.75, 3.05) is 13.0 Å². The number of benzene rings is 2. The highest BCUT2D eigenvalue weighted by Crippen LogP contribution is 2.33. The molecule has 0 bridgehead atoms. The maximum atomic E-state index is 13.7. The number of esters is 1. The minimum atomic E-state index is -0.632. The number of hydrogen-bond acceptors (Lipinski definition) is 8. The van der Waals surface area contributed by atoms with Crippen LogP contribution in [0, 0.1) is 0 Å². The molecule has 0 saturated heterocycles. The molecule has 1 atom stereocenters. The Morgan fingerprint density at radius 1 is 1.20 bits per heavy atom. The average molecular weight is 509 g/mol. The van der Waals surface area contributed by atoms with Gasteiger partial charge >= 0.3 is 5.97 Å². The lowest BCUT2D eigenvalue weighted by molar-refractivity contribution is -0.143. The maximum absolute atomic E-state index is 13.7. The number of carbonyl (C=O) groups excluding carboxylic acids is 1. The van der Waals surface area contributed by atoms with E-state index in [2.05, 4.69) is 4.99 Å². The van der Waals surface area contributed by atoms with Gasteiger partial charge in [-0.25, -0.2) is 9.79 Å². The number of rotatable bonds is 5. The molecule has 3 aromatic rings. The zero-order chi connectivity index (χ0) is 24.7. The van der Waals surface area contributed by atoms with Crippen LogP contribution in [0.15, 0.2) is 68.4 Å². The van der Waals surface area contributed by atoms with Crippen LogP contribution in [0.4, 0.5) is 0 Å². The SMILES string of the molecule is CSc1ccc([C@H]2C(C(=O)OC(C)C)=C(C)N=c3s/c(=C\c4ccc5c(c4)OCO5)c(=O)n32)cc1. The molecule has 0 spiro atoms. The molecule has 2 aliphatic rings. The summed E-state index contributed by atoms with van der Waals surface area (Å²) in [5, 5.41) is 0. The van der Waals surface area contributed by atoms with Crippen molar-refractivity contribution >= 4 is 35.1 Å². The van der Waals surface area contributed by atoms with Gasteiger partial charge in [-0.2, -0.15) is 0 Å². The molecule has 2 aliphatic heterocycles. The number of nitrogens with zero attached hydrogens (tertiary/aromatic N) is 2. The second-order valence-corrected chi connectivity index (χ2v) is 10.3. The molecule has 0 radical (unpaired) electrons. The third-order valence-electron chi connectivity index (χ3n) is 5.71. The molecule has 0 fully saturated rings. The van der Waals surface area contributed by atoms with Crippen molar-refractivity contribution in [3.05, 3.63) is 84.5 Å². The predicted molar refractivity (Wildman–Crippen MR) is 136 cm³/mol. The Morgan fingerprint density at radius 3 is 2.66 bits per heavy atom. The highest BCUT2D eigenvalue weighted by molar-refractivity contribution is 7.98. The first-order valence-corrected chi connectivity index (χ1v) is 13.2. The van der Waals surface area contributed by atoms with Crippen LogP contribution < -0.4 is 24.4 Å². The van der Waals surface area contributed by atoms with Crippen LogP contribution in [0.2, 0.25) is 0 Å². The minimum Gasteiger partial charge on any atom is -0.459 e. The van der Waals surface area contributed by atoms with Gasteiger partial charge in [0.05, 0.1) is 27.9 Å². The Balaban J connectivity index is 1.67. The molecule has 0 unspecified atom stereocenters. The van der Waals surface area contributed by atoms with Crippen LogP contribution in [-0.2, 0) is 9.53 Å². The van der Waals surface area contributed by atoms with Gasteiger partial charge < -0.3 is 14.2 Å². The quantitative estimate of drug-likeness (QED) is 0.387. The van der Waals surface area contributed by atoms with Crippen molar-refractivity contribution in [2.45, 2.75) is 37.8 Å². The van der Waals surface area contributed by atoms with Crippen LogP contribution in [0.1, 0.15) is 37.9 Å². The first kappa shape index (κ1) is 23.4. The van der Waals surface area contributed by atoms with Gasteiger partial charge in [0.1, 0.15) is 0 Å². The van der Waals surface area contributed by atoms with Crippen molar-refractivity contribution in [1.82, 2.24) is 4.57 Å². The van der Waals surface area contributed by atoms with E-state index in [1.807, 2.05) is 54.8 Å². The third kappa shape index (κ3) is 4.41. The number of thioether (sulfide) groups is 1. The van der Waals surface area contributed by atoms with E-state index in [9.17, 15) is 9.59 Å². The van der Waals surface area contributed by atoms with Crippen molar-refractivity contribution in [3.8, 4) is 11.5 Å². The zero-order valence-corrected chi connectivity index (χ0v) is 21.4. The lowest BCUT2D eigenvalue weighted by Crippen LogP contribution is -2.40. The van der Waals surface area contributed by atoms with Crippen molar-refractivity contribution < 1.29 is 19.0 Å². The predicted octanol–water partition coefficient (Wildman–Crippen LogP) is 3.64. The van der Waals surface area contributed by atoms with E-state index in [0.29, 0.717) is 32.1 Å². The lowest BCUT2D eigenvalue weighted by Gasteiger charge is -2.25. The summed E-state index contributed by atoms with van der Waals surface area (Å²) in [4.78, 5) is 33.1. The fourth-order valence-electron chi connectivity index (χ4n) is 4.12. The van der Waals surface area contributed by atoms with Gasteiger partial charge in [-0.3, -0.25) is 9.36 Å². The van der Waals surface area contributed by atoms with E-state index in [0.717, 1.165) is 16.0 Å². The first-order chi connectivity index (χ1) is 16.9. The van der Waals surface area contributed by atoms with E-state index in [1.165, 1.54) is 11.3 Å². The van der Waals surface area contributed by atoms with E-state index >= 15 is 0 Å². The summed E-state index contributed by atoms with van der Waals surface area (Å²) in [6.07, 6.45) is 3.52. The minimum absolute atomic E-state index is 0.185. The second kappa shape index (κ2) is 9.39. The molecule has 180 valence electrons. The van der Waals surface area contributed by atoms with E-state index in [4.69, 9.17) is 14.2 Å². The Morgan fingerprint density at radius 2 is 1.94 bits per heavy atom. The molecular weight excluding hydrogens is 484 g/mol. The molecule has 9 heteroatoms. The van der Waals surface area contributed by atoms with Crippen molar-refractivity contribution in [2.24, 2.45) is 4.99 Å². The van der Waals surface area contributed by atoms with Crippen molar-refractivity contribution in [1.29, 1.82) is 0 Å². The highest BCUT2D eigenvalue weighted by Gasteiger charge is 2.33. The van der Waals surface area contributed by atoms with Gasteiger partial charge in [0.2, 0.25) is 6.79 Å². The van der Waals surface area contributed by atoms with Crippen molar-refractivity contribution in [3.63, 3.8) is 0 Å². The number of allylic oxidation sites excluding steroid dienone is 1. The average Bonchev–Trinajstić information content (AvgIpc) is 3.41. The number of thiazole rings is 1. The number of fused-ring (bicyclic) bond motifs is 2. The molecule has 5 rings (SSSR count). The molecule has 0 aliphatic carbocycles. The van der Waals surface area contributed by atoms with Crippen LogP contribution in [0.5, 0.6) is 11.5 Å². The molecule has 0 saturated carbocycles. The summed E-state index contributed by atoms with van der Waals surface area (Å²) in [6.45, 7) is 5.58. The van der Waals surface area contributed by atoms with Crippen LogP contribution in [-0.4, -0.2) is 29.7 Å². The van der Waals surface area contributed by atoms with Crippen LogP contribution in [0.3, 0.4) is 0 Å². The van der Waals surface area contributed by atoms with Gasteiger partial charge in [-0.15, -0.1) is 11.8 Å². The smallest absolute Gasteiger partial charge is 0.338 e. The molecule has 2 aromatic carbocycles. The highest BCUT2D eigenvalue weighted by atomic mass is 32.2. The lowest BCUT2D eigenvalue weighted by atomic mass is 9.96. The number of hydrogen-bond donors (Lipinski definition) is 0. The fraction of sp³-hybridized carbons (Fsp3) is 0.269. The van der Waals surface area contributed by atoms with E-state index < -0.39 is 12.0 Å². The van der Waals surface area contributed by atoms with E-state index in [-0.39, 0.29) is 18.5 Å². The maximum Gasteiger partial charge on any atom is 0.338 e. The number of ether oxygens (including phenoxy) is 3. The molecule has 7 nitrogen and oxygen atoms in total.